The summed E-state index contributed by atoms with van der Waals surface area (Å²) < 4.78 is 18.0. The van der Waals surface area contributed by atoms with Gasteiger partial charge >= 0.3 is 12.2 Å². The van der Waals surface area contributed by atoms with E-state index < -0.39 is 31.9 Å². The van der Waals surface area contributed by atoms with E-state index in [0.29, 0.717) is 47.9 Å². The van der Waals surface area contributed by atoms with E-state index in [4.69, 9.17) is 20.2 Å². The van der Waals surface area contributed by atoms with E-state index in [0.717, 1.165) is 6.04 Å². The first-order valence-electron chi connectivity index (χ1n) is 12.7. The number of aliphatic hydroxyl groups excluding tert-OH is 1. The molecule has 2 amide bonds. The molecule has 0 fully saturated rings. The third kappa shape index (κ3) is 10.3. The highest BCUT2D eigenvalue weighted by molar-refractivity contribution is 6.76. The van der Waals surface area contributed by atoms with Crippen LogP contribution in [0.3, 0.4) is 0 Å². The number of hydrogen-bond donors (Lipinski definition) is 4. The molecule has 11 nitrogen and oxygen atoms in total. The van der Waals surface area contributed by atoms with Crippen LogP contribution in [0.1, 0.15) is 45.5 Å². The molecule has 5 N–H and O–H groups in total. The van der Waals surface area contributed by atoms with E-state index >= 15 is 0 Å². The molecule has 1 aromatic heterocycles. The zero-order valence-corrected chi connectivity index (χ0v) is 24.6. The number of ether oxygens (including phenoxy) is 3. The number of aliphatic hydroxyl groups is 1. The second kappa shape index (κ2) is 13.6. The van der Waals surface area contributed by atoms with Crippen molar-refractivity contribution >= 4 is 31.6 Å². The van der Waals surface area contributed by atoms with E-state index in [2.05, 4.69) is 35.0 Å². The lowest BCUT2D eigenvalue weighted by atomic mass is 10.1. The van der Waals surface area contributed by atoms with Gasteiger partial charge in [0.1, 0.15) is 18.2 Å². The molecule has 0 saturated carbocycles. The highest BCUT2D eigenvalue weighted by Gasteiger charge is 2.25. The van der Waals surface area contributed by atoms with Gasteiger partial charge in [-0.15, -0.1) is 0 Å². The van der Waals surface area contributed by atoms with Crippen LogP contribution in [0, 0.1) is 0 Å². The molecule has 0 bridgehead atoms. The molecule has 2 rings (SSSR count). The Morgan fingerprint density at radius 2 is 1.92 bits per heavy atom. The molecule has 0 spiro atoms. The highest BCUT2D eigenvalue weighted by Crippen LogP contribution is 2.30. The van der Waals surface area contributed by atoms with Crippen LogP contribution in [-0.2, 0) is 20.9 Å². The molecule has 2 aromatic rings. The number of nitrogens with zero attached hydrogens (tertiary/aromatic N) is 2. The van der Waals surface area contributed by atoms with Gasteiger partial charge in [0, 0.05) is 44.4 Å². The number of nitrogens with one attached hydrogen (secondary N) is 2. The smallest absolute Gasteiger partial charge is 0.411 e. The number of nitrogen functional groups attached to an aromatic ring is 1. The van der Waals surface area contributed by atoms with Crippen molar-refractivity contribution in [2.24, 2.45) is 0 Å². The van der Waals surface area contributed by atoms with Crippen molar-refractivity contribution < 1.29 is 28.9 Å². The number of carbonyl (C=O) groups excluding carboxylic acids is 2. The summed E-state index contributed by atoms with van der Waals surface area (Å²) >= 11 is 0. The lowest BCUT2D eigenvalue weighted by Crippen LogP contribution is -2.36. The van der Waals surface area contributed by atoms with Crippen LogP contribution in [0.4, 0.5) is 21.0 Å². The first-order chi connectivity index (χ1) is 17.7. The van der Waals surface area contributed by atoms with Gasteiger partial charge in [0.15, 0.2) is 0 Å². The Morgan fingerprint density at radius 3 is 2.50 bits per heavy atom. The standard InChI is InChI=1S/C26H43N5O6Si/c1-26(2,3)37-25(34)30-21(9-8-12-32)23-29-22(16-31(23)17-36-13-14-38(5,6)7)19-11-10-18(15-20(19)27)28-24(33)35-4/h10-11,15-16,21,32H,8-9,12-14,17,27H2,1-7H3,(H,28,33)(H,30,34)/t21-/m0/s1. The normalized spacial score (nSPS) is 12.6. The fourth-order valence-electron chi connectivity index (χ4n) is 3.54. The van der Waals surface area contributed by atoms with E-state index in [1.165, 1.54) is 7.11 Å². The van der Waals surface area contributed by atoms with Gasteiger partial charge in [-0.25, -0.2) is 14.6 Å². The maximum atomic E-state index is 12.6. The van der Waals surface area contributed by atoms with Gasteiger partial charge in [0.25, 0.3) is 0 Å². The Hall–Kier alpha value is -3.09. The summed E-state index contributed by atoms with van der Waals surface area (Å²) in [6.07, 6.45) is 1.55. The fraction of sp³-hybridized carbons (Fsp3) is 0.577. The second-order valence-electron chi connectivity index (χ2n) is 11.3. The number of alkyl carbamates (subject to hydrolysis) is 1. The maximum Gasteiger partial charge on any atom is 0.411 e. The zero-order chi connectivity index (χ0) is 28.5. The maximum absolute atomic E-state index is 12.6. The van der Waals surface area contributed by atoms with E-state index in [1.54, 1.807) is 39.0 Å². The number of anilines is 2. The average molecular weight is 550 g/mol. The van der Waals surface area contributed by atoms with Gasteiger partial charge in [-0.2, -0.15) is 0 Å². The number of imidazole rings is 1. The summed E-state index contributed by atoms with van der Waals surface area (Å²) in [4.78, 5) is 29.0. The molecule has 212 valence electrons. The first-order valence-corrected chi connectivity index (χ1v) is 16.4. The molecule has 0 unspecified atom stereocenters. The Bertz CT molecular complexity index is 1080. The number of amides is 2. The van der Waals surface area contributed by atoms with Crippen LogP contribution >= 0.6 is 0 Å². The average Bonchev–Trinajstić information content (AvgIpc) is 3.21. The largest absolute Gasteiger partial charge is 0.453 e. The summed E-state index contributed by atoms with van der Waals surface area (Å²) in [7, 11) is 0.00859. The predicted molar refractivity (Wildman–Crippen MR) is 151 cm³/mol. The van der Waals surface area contributed by atoms with Crippen molar-refractivity contribution in [3.8, 4) is 11.3 Å². The Labute approximate surface area is 226 Å². The molecular weight excluding hydrogens is 506 g/mol. The molecule has 0 radical (unpaired) electrons. The van der Waals surface area contributed by atoms with Crippen LogP contribution < -0.4 is 16.4 Å². The number of hydrogen-bond acceptors (Lipinski definition) is 8. The van der Waals surface area contributed by atoms with Gasteiger partial charge in [-0.3, -0.25) is 5.32 Å². The van der Waals surface area contributed by atoms with Gasteiger partial charge in [0.2, 0.25) is 0 Å². The summed E-state index contributed by atoms with van der Waals surface area (Å²) in [5, 5.41) is 15.0. The summed E-state index contributed by atoms with van der Waals surface area (Å²) in [5.74, 6) is 0.559. The Kier molecular flexibility index (Phi) is 11.2. The minimum absolute atomic E-state index is 0.0334. The van der Waals surface area contributed by atoms with Gasteiger partial charge in [-0.1, -0.05) is 19.6 Å². The lowest BCUT2D eigenvalue weighted by molar-refractivity contribution is 0.0485. The number of rotatable bonds is 12. The van der Waals surface area contributed by atoms with Gasteiger partial charge < -0.3 is 34.9 Å². The molecule has 0 aliphatic rings. The van der Waals surface area contributed by atoms with Gasteiger partial charge in [-0.05, 0) is 57.9 Å². The molecule has 1 heterocycles. The molecular formula is C26H43N5O6Si. The van der Waals surface area contributed by atoms with Crippen molar-refractivity contribution in [2.45, 2.75) is 77.7 Å². The van der Waals surface area contributed by atoms with Crippen LogP contribution in [0.2, 0.25) is 25.7 Å². The zero-order valence-electron chi connectivity index (χ0n) is 23.6. The molecule has 0 aliphatic carbocycles. The molecule has 0 aliphatic heterocycles. The van der Waals surface area contributed by atoms with Gasteiger partial charge in [0.05, 0.1) is 18.8 Å². The fourth-order valence-corrected chi connectivity index (χ4v) is 4.29. The van der Waals surface area contributed by atoms with E-state index in [-0.39, 0.29) is 13.3 Å². The van der Waals surface area contributed by atoms with Crippen molar-refractivity contribution in [2.75, 3.05) is 31.4 Å². The molecule has 1 aromatic carbocycles. The number of methoxy groups -OCH3 is 1. The third-order valence-corrected chi connectivity index (χ3v) is 7.15. The third-order valence-electron chi connectivity index (χ3n) is 5.45. The molecule has 12 heteroatoms. The monoisotopic (exact) mass is 549 g/mol. The number of benzene rings is 1. The molecule has 0 saturated heterocycles. The summed E-state index contributed by atoms with van der Waals surface area (Å²) in [5.41, 5.74) is 7.77. The van der Waals surface area contributed by atoms with E-state index in [9.17, 15) is 14.7 Å². The highest BCUT2D eigenvalue weighted by atomic mass is 28.3. The summed E-state index contributed by atoms with van der Waals surface area (Å²) in [6, 6.07) is 5.56. The molecule has 1 atom stereocenters. The first kappa shape index (κ1) is 31.1. The number of carbonyl (C=O) groups is 2. The number of nitrogens with two attached hydrogens (primary N) is 1. The quantitative estimate of drug-likeness (QED) is 0.165. The number of aromatic nitrogens is 2. The minimum atomic E-state index is -1.27. The topological polar surface area (TPSA) is 150 Å². The van der Waals surface area contributed by atoms with Crippen molar-refractivity contribution in [3.63, 3.8) is 0 Å². The minimum Gasteiger partial charge on any atom is -0.453 e. The van der Waals surface area contributed by atoms with E-state index in [1.807, 2.05) is 10.8 Å². The van der Waals surface area contributed by atoms with Crippen LogP contribution in [0.25, 0.3) is 11.3 Å². The Morgan fingerprint density at radius 1 is 1.21 bits per heavy atom. The van der Waals surface area contributed by atoms with Crippen molar-refractivity contribution in [1.29, 1.82) is 0 Å². The SMILES string of the molecule is COC(=O)Nc1ccc(-c2cn(COCC[Si](C)(C)C)c([C@H](CCCO)NC(=O)OC(C)(C)C)n2)c(N)c1. The predicted octanol–water partition coefficient (Wildman–Crippen LogP) is 4.96. The Balaban J connectivity index is 2.41. The van der Waals surface area contributed by atoms with Crippen molar-refractivity contribution in [1.82, 2.24) is 14.9 Å². The second-order valence-corrected chi connectivity index (χ2v) is 16.9. The van der Waals surface area contributed by atoms with Crippen molar-refractivity contribution in [3.05, 3.63) is 30.2 Å². The molecule has 38 heavy (non-hydrogen) atoms. The van der Waals surface area contributed by atoms with Crippen LogP contribution in [0.5, 0.6) is 0 Å². The van der Waals surface area contributed by atoms with Crippen LogP contribution in [-0.4, -0.2) is 60.8 Å². The van der Waals surface area contributed by atoms with Crippen LogP contribution in [0.15, 0.2) is 24.4 Å². The lowest BCUT2D eigenvalue weighted by Gasteiger charge is -2.24. The summed E-state index contributed by atoms with van der Waals surface area (Å²) in [6.45, 7) is 13.1.